The highest BCUT2D eigenvalue weighted by Crippen LogP contribution is 2.21. The van der Waals surface area contributed by atoms with Crippen LogP contribution in [0.1, 0.15) is 44.7 Å². The van der Waals surface area contributed by atoms with Gasteiger partial charge in [-0.05, 0) is 24.3 Å². The van der Waals surface area contributed by atoms with Gasteiger partial charge in [0.1, 0.15) is 0 Å². The number of rotatable bonds is 4. The van der Waals surface area contributed by atoms with Crippen LogP contribution in [-0.4, -0.2) is 49.7 Å². The number of sulfonamides is 1. The smallest absolute Gasteiger partial charge is 0.223 e. The van der Waals surface area contributed by atoms with Gasteiger partial charge < -0.3 is 4.90 Å². The molecule has 0 unspecified atom stereocenters. The van der Waals surface area contributed by atoms with Crippen LogP contribution in [0.5, 0.6) is 0 Å². The van der Waals surface area contributed by atoms with Gasteiger partial charge in [0.15, 0.2) is 0 Å². The Hall–Kier alpha value is -1.40. The van der Waals surface area contributed by atoms with Crippen molar-refractivity contribution < 1.29 is 13.2 Å². The topological polar surface area (TPSA) is 57.7 Å². The molecule has 1 amide bonds. The Balaban J connectivity index is 1.99. The van der Waals surface area contributed by atoms with Crippen molar-refractivity contribution in [1.29, 1.82) is 0 Å². The molecule has 5 nitrogen and oxygen atoms in total. The predicted molar refractivity (Wildman–Crippen MR) is 101 cm³/mol. The molecule has 0 atom stereocenters. The first-order valence-corrected chi connectivity index (χ1v) is 10.5. The average Bonchev–Trinajstić information content (AvgIpc) is 2.74. The molecular formula is C19H30N2O3S. The lowest BCUT2D eigenvalue weighted by molar-refractivity contribution is -0.132. The van der Waals surface area contributed by atoms with Gasteiger partial charge in [0, 0.05) is 32.6 Å². The Morgan fingerprint density at radius 2 is 1.68 bits per heavy atom. The summed E-state index contributed by atoms with van der Waals surface area (Å²) in [5, 5.41) is 0. The fourth-order valence-electron chi connectivity index (χ4n) is 2.97. The second-order valence-electron chi connectivity index (χ2n) is 8.11. The summed E-state index contributed by atoms with van der Waals surface area (Å²) in [6.45, 7) is 10.1. The van der Waals surface area contributed by atoms with Gasteiger partial charge >= 0.3 is 0 Å². The summed E-state index contributed by atoms with van der Waals surface area (Å²) in [5.41, 5.74) is 1.86. The molecule has 1 aromatic rings. The van der Waals surface area contributed by atoms with Crippen molar-refractivity contribution in [3.63, 3.8) is 0 Å². The second-order valence-corrected chi connectivity index (χ2v) is 10.1. The molecule has 0 saturated carbocycles. The predicted octanol–water partition coefficient (Wildman–Crippen LogP) is 2.80. The number of carbonyl (C=O) groups excluding carboxylic acids is 1. The van der Waals surface area contributed by atoms with Gasteiger partial charge in [0.2, 0.25) is 15.9 Å². The van der Waals surface area contributed by atoms with E-state index in [1.54, 1.807) is 0 Å². The Morgan fingerprint density at radius 3 is 2.28 bits per heavy atom. The van der Waals surface area contributed by atoms with E-state index in [9.17, 15) is 13.2 Å². The Bertz CT molecular complexity index is 690. The maximum atomic E-state index is 12.7. The van der Waals surface area contributed by atoms with Crippen molar-refractivity contribution in [2.24, 2.45) is 5.41 Å². The molecule has 1 heterocycles. The van der Waals surface area contributed by atoms with Crippen molar-refractivity contribution in [2.45, 2.75) is 46.3 Å². The largest absolute Gasteiger partial charge is 0.341 e. The van der Waals surface area contributed by atoms with E-state index in [4.69, 9.17) is 0 Å². The summed E-state index contributed by atoms with van der Waals surface area (Å²) in [4.78, 5) is 14.2. The third kappa shape index (κ3) is 6.12. The van der Waals surface area contributed by atoms with Crippen LogP contribution in [0.15, 0.2) is 24.3 Å². The number of carbonyl (C=O) groups is 1. The molecule has 1 fully saturated rings. The molecule has 0 radical (unpaired) electrons. The average molecular weight is 367 g/mol. The maximum absolute atomic E-state index is 12.7. The molecule has 1 aliphatic heterocycles. The van der Waals surface area contributed by atoms with Crippen LogP contribution in [0.3, 0.4) is 0 Å². The zero-order chi connectivity index (χ0) is 18.7. The number of aryl methyl sites for hydroxylation is 1. The first-order chi connectivity index (χ1) is 11.6. The number of amides is 1. The van der Waals surface area contributed by atoms with E-state index in [0.717, 1.165) is 11.1 Å². The summed E-state index contributed by atoms with van der Waals surface area (Å²) < 4.78 is 27.0. The van der Waals surface area contributed by atoms with Gasteiger partial charge in [-0.15, -0.1) is 0 Å². The molecule has 6 heteroatoms. The van der Waals surface area contributed by atoms with Crippen molar-refractivity contribution >= 4 is 15.9 Å². The van der Waals surface area contributed by atoms with Crippen molar-refractivity contribution in [2.75, 3.05) is 26.2 Å². The molecule has 0 N–H and O–H groups in total. The van der Waals surface area contributed by atoms with Gasteiger partial charge in [0.25, 0.3) is 0 Å². The third-order valence-corrected chi connectivity index (χ3v) is 6.20. The lowest BCUT2D eigenvalue weighted by Gasteiger charge is -2.25. The van der Waals surface area contributed by atoms with Crippen LogP contribution in [0.2, 0.25) is 0 Å². The summed E-state index contributed by atoms with van der Waals surface area (Å²) in [7, 11) is -3.36. The van der Waals surface area contributed by atoms with Gasteiger partial charge in [-0.1, -0.05) is 50.6 Å². The lowest BCUT2D eigenvalue weighted by Crippen LogP contribution is -2.38. The minimum absolute atomic E-state index is 0.0171. The minimum Gasteiger partial charge on any atom is -0.341 e. The Labute approximate surface area is 152 Å². The van der Waals surface area contributed by atoms with E-state index in [1.807, 2.05) is 56.9 Å². The fraction of sp³-hybridized carbons (Fsp3) is 0.632. The molecule has 2 rings (SSSR count). The zero-order valence-corrected chi connectivity index (χ0v) is 16.6. The molecule has 1 aromatic carbocycles. The first-order valence-electron chi connectivity index (χ1n) is 8.88. The quantitative estimate of drug-likeness (QED) is 0.823. The molecule has 140 valence electrons. The summed E-state index contributed by atoms with van der Waals surface area (Å²) in [6, 6.07) is 7.59. The van der Waals surface area contributed by atoms with E-state index >= 15 is 0 Å². The van der Waals surface area contributed by atoms with Crippen LogP contribution >= 0.6 is 0 Å². The molecule has 1 saturated heterocycles. The van der Waals surface area contributed by atoms with Crippen LogP contribution in [0.25, 0.3) is 0 Å². The zero-order valence-electron chi connectivity index (χ0n) is 15.8. The molecular weight excluding hydrogens is 336 g/mol. The highest BCUT2D eigenvalue weighted by Gasteiger charge is 2.28. The number of hydrogen-bond donors (Lipinski definition) is 0. The Kier molecular flexibility index (Phi) is 6.27. The van der Waals surface area contributed by atoms with Gasteiger partial charge in [0.05, 0.1) is 5.75 Å². The summed E-state index contributed by atoms with van der Waals surface area (Å²) >= 11 is 0. The second kappa shape index (κ2) is 7.87. The van der Waals surface area contributed by atoms with E-state index in [2.05, 4.69) is 0 Å². The molecule has 0 bridgehead atoms. The third-order valence-electron chi connectivity index (χ3n) is 4.35. The fourth-order valence-corrected chi connectivity index (χ4v) is 4.54. The summed E-state index contributed by atoms with van der Waals surface area (Å²) in [6.07, 6.45) is 1.17. The molecule has 0 aliphatic carbocycles. The normalized spacial score (nSPS) is 17.4. The van der Waals surface area contributed by atoms with Crippen molar-refractivity contribution in [1.82, 2.24) is 9.21 Å². The lowest BCUT2D eigenvalue weighted by atomic mass is 9.91. The van der Waals surface area contributed by atoms with Gasteiger partial charge in [-0.25, -0.2) is 8.42 Å². The van der Waals surface area contributed by atoms with Crippen molar-refractivity contribution in [3.8, 4) is 0 Å². The van der Waals surface area contributed by atoms with Crippen LogP contribution < -0.4 is 0 Å². The van der Waals surface area contributed by atoms with Gasteiger partial charge in [-0.3, -0.25) is 4.79 Å². The van der Waals surface area contributed by atoms with E-state index in [-0.39, 0.29) is 17.1 Å². The number of benzene rings is 1. The maximum Gasteiger partial charge on any atom is 0.223 e. The highest BCUT2D eigenvalue weighted by molar-refractivity contribution is 7.88. The van der Waals surface area contributed by atoms with Crippen LogP contribution in [0, 0.1) is 12.3 Å². The van der Waals surface area contributed by atoms with E-state index in [1.165, 1.54) is 4.31 Å². The standard InChI is InChI=1S/C19H30N2O3S/c1-16-6-8-17(9-7-16)15-25(23,24)21-11-5-10-20(12-13-21)18(22)14-19(2,3)4/h6-9H,5,10-15H2,1-4H3. The van der Waals surface area contributed by atoms with Gasteiger partial charge in [-0.2, -0.15) is 4.31 Å². The monoisotopic (exact) mass is 366 g/mol. The minimum atomic E-state index is -3.36. The van der Waals surface area contributed by atoms with Crippen LogP contribution in [0.4, 0.5) is 0 Å². The molecule has 0 aromatic heterocycles. The number of hydrogen-bond acceptors (Lipinski definition) is 3. The first kappa shape index (κ1) is 19.9. The molecule has 25 heavy (non-hydrogen) atoms. The molecule has 0 spiro atoms. The van der Waals surface area contributed by atoms with Crippen LogP contribution in [-0.2, 0) is 20.6 Å². The van der Waals surface area contributed by atoms with E-state index in [0.29, 0.717) is 39.0 Å². The molecule has 1 aliphatic rings. The van der Waals surface area contributed by atoms with Crippen molar-refractivity contribution in [3.05, 3.63) is 35.4 Å². The Morgan fingerprint density at radius 1 is 1.04 bits per heavy atom. The number of nitrogens with zero attached hydrogens (tertiary/aromatic N) is 2. The van der Waals surface area contributed by atoms with E-state index < -0.39 is 10.0 Å². The highest BCUT2D eigenvalue weighted by atomic mass is 32.2. The summed E-state index contributed by atoms with van der Waals surface area (Å²) in [5.74, 6) is 0.133. The SMILES string of the molecule is Cc1ccc(CS(=O)(=O)N2CCCN(C(=O)CC(C)(C)C)CC2)cc1.